The molecule has 1 saturated heterocycles. The van der Waals surface area contributed by atoms with Crippen LogP contribution in [0.2, 0.25) is 5.02 Å². The molecule has 1 atom stereocenters. The van der Waals surface area contributed by atoms with Crippen LogP contribution in [0.4, 0.5) is 10.1 Å². The Bertz CT molecular complexity index is 950. The van der Waals surface area contributed by atoms with Crippen LogP contribution < -0.4 is 9.64 Å². The lowest BCUT2D eigenvalue weighted by molar-refractivity contribution is 0.115. The zero-order valence-electron chi connectivity index (χ0n) is 14.4. The quantitative estimate of drug-likeness (QED) is 0.716. The van der Waals surface area contributed by atoms with Crippen LogP contribution in [-0.2, 0) is 14.6 Å². The third-order valence-electron chi connectivity index (χ3n) is 4.66. The van der Waals surface area contributed by atoms with E-state index in [1.165, 1.54) is 0 Å². The smallest absolute Gasteiger partial charge is 0.247 e. The number of halogens is 2. The number of benzene rings is 1. The molecule has 6 nitrogen and oxygen atoms in total. The second kappa shape index (κ2) is 7.26. The lowest BCUT2D eigenvalue weighted by Crippen LogP contribution is -2.40. The van der Waals surface area contributed by atoms with Gasteiger partial charge in [-0.1, -0.05) is 29.8 Å². The van der Waals surface area contributed by atoms with Crippen LogP contribution in [0.15, 0.2) is 35.2 Å². The minimum absolute atomic E-state index is 0.0212. The summed E-state index contributed by atoms with van der Waals surface area (Å²) in [6.07, 6.45) is 1.82. The van der Waals surface area contributed by atoms with Gasteiger partial charge in [0, 0.05) is 19.7 Å². The summed E-state index contributed by atoms with van der Waals surface area (Å²) in [5.41, 5.74) is 0.201. The number of rotatable bonds is 4. The summed E-state index contributed by atoms with van der Waals surface area (Å²) in [5, 5.41) is -0.498. The molecule has 1 aromatic carbocycles. The number of hydrogen-bond donors (Lipinski definition) is 0. The van der Waals surface area contributed by atoms with Crippen molar-refractivity contribution in [3.63, 3.8) is 0 Å². The summed E-state index contributed by atoms with van der Waals surface area (Å²) in [6.45, 7) is 1.39. The number of fused-ring (bicyclic) bond motifs is 1. The molecule has 4 rings (SSSR count). The van der Waals surface area contributed by atoms with Crippen molar-refractivity contribution in [3.05, 3.63) is 41.3 Å². The normalized spacial score (nSPS) is 21.1. The average Bonchev–Trinajstić information content (AvgIpc) is 3.15. The van der Waals surface area contributed by atoms with Gasteiger partial charge in [-0.15, -0.1) is 0 Å². The molecule has 0 bridgehead atoms. The number of anilines is 1. The Morgan fingerprint density at radius 3 is 2.81 bits per heavy atom. The Morgan fingerprint density at radius 2 is 2.11 bits per heavy atom. The van der Waals surface area contributed by atoms with E-state index in [2.05, 4.69) is 4.98 Å². The van der Waals surface area contributed by atoms with E-state index in [0.717, 1.165) is 12.8 Å². The highest BCUT2D eigenvalue weighted by molar-refractivity contribution is 7.91. The summed E-state index contributed by atoms with van der Waals surface area (Å²) < 4.78 is 51.0. The van der Waals surface area contributed by atoms with Gasteiger partial charge in [-0.05, 0) is 25.0 Å². The molecule has 0 unspecified atom stereocenters. The Kier molecular flexibility index (Phi) is 4.96. The summed E-state index contributed by atoms with van der Waals surface area (Å²) >= 11 is 6.02. The summed E-state index contributed by atoms with van der Waals surface area (Å²) in [4.78, 5) is 5.37. The van der Waals surface area contributed by atoms with Crippen molar-refractivity contribution in [2.24, 2.45) is 0 Å². The van der Waals surface area contributed by atoms with Gasteiger partial charge < -0.3 is 14.4 Å². The van der Waals surface area contributed by atoms with Crippen LogP contribution in [0.1, 0.15) is 12.8 Å². The second-order valence-electron chi connectivity index (χ2n) is 6.51. The molecule has 3 heterocycles. The molecule has 2 aliphatic rings. The fourth-order valence-corrected chi connectivity index (χ4v) is 5.40. The van der Waals surface area contributed by atoms with Gasteiger partial charge in [0.25, 0.3) is 0 Å². The molecule has 2 aromatic rings. The third kappa shape index (κ3) is 3.61. The van der Waals surface area contributed by atoms with Crippen molar-refractivity contribution in [2.45, 2.75) is 23.8 Å². The first kappa shape index (κ1) is 18.5. The van der Waals surface area contributed by atoms with Gasteiger partial charge in [0.1, 0.15) is 21.4 Å². The van der Waals surface area contributed by atoms with Gasteiger partial charge in [-0.2, -0.15) is 9.37 Å². The molecule has 144 valence electrons. The Morgan fingerprint density at radius 1 is 1.33 bits per heavy atom. The van der Waals surface area contributed by atoms with E-state index in [-0.39, 0.29) is 34.9 Å². The fraction of sp³-hybridized carbons (Fsp3) is 0.389. The van der Waals surface area contributed by atoms with Crippen molar-refractivity contribution >= 4 is 27.1 Å². The van der Waals surface area contributed by atoms with Crippen molar-refractivity contribution in [2.75, 3.05) is 30.3 Å². The molecule has 9 heteroatoms. The maximum Gasteiger partial charge on any atom is 0.247 e. The predicted octanol–water partition coefficient (Wildman–Crippen LogP) is 3.44. The average molecular weight is 413 g/mol. The lowest BCUT2D eigenvalue weighted by Gasteiger charge is -2.33. The van der Waals surface area contributed by atoms with E-state index < -0.39 is 20.8 Å². The fourth-order valence-electron chi connectivity index (χ4n) is 3.38. The molecule has 0 amide bonds. The number of para-hydroxylation sites is 1. The van der Waals surface area contributed by atoms with Gasteiger partial charge in [0.15, 0.2) is 9.84 Å². The monoisotopic (exact) mass is 412 g/mol. The van der Waals surface area contributed by atoms with E-state index in [4.69, 9.17) is 21.1 Å². The molecule has 2 aliphatic heterocycles. The Labute approximate surface area is 161 Å². The molecule has 0 saturated carbocycles. The number of hydrogen-bond acceptors (Lipinski definition) is 6. The van der Waals surface area contributed by atoms with E-state index in [0.29, 0.717) is 18.9 Å². The summed E-state index contributed by atoms with van der Waals surface area (Å²) in [7, 11) is -3.75. The van der Waals surface area contributed by atoms with Crippen molar-refractivity contribution in [3.8, 4) is 11.6 Å². The highest BCUT2D eigenvalue weighted by Crippen LogP contribution is 2.44. The largest absolute Gasteiger partial charge is 0.437 e. The molecule has 0 aliphatic carbocycles. The van der Waals surface area contributed by atoms with Crippen LogP contribution in [0.5, 0.6) is 11.6 Å². The van der Waals surface area contributed by atoms with E-state index in [1.807, 2.05) is 11.0 Å². The van der Waals surface area contributed by atoms with Crippen LogP contribution in [0, 0.1) is 5.95 Å². The lowest BCUT2D eigenvalue weighted by atomic mass is 10.2. The van der Waals surface area contributed by atoms with Crippen LogP contribution >= 0.6 is 11.6 Å². The number of pyridine rings is 1. The van der Waals surface area contributed by atoms with Crippen molar-refractivity contribution in [1.82, 2.24) is 4.98 Å². The molecular weight excluding hydrogens is 395 g/mol. The molecular formula is C18H18ClFN2O4S. The second-order valence-corrected chi connectivity index (χ2v) is 8.94. The van der Waals surface area contributed by atoms with Gasteiger partial charge in [0.2, 0.25) is 11.8 Å². The zero-order chi connectivity index (χ0) is 19.0. The minimum atomic E-state index is -3.75. The topological polar surface area (TPSA) is 68.7 Å². The number of nitrogens with zero attached hydrogens (tertiary/aromatic N) is 2. The van der Waals surface area contributed by atoms with E-state index >= 15 is 0 Å². The molecule has 1 fully saturated rings. The van der Waals surface area contributed by atoms with Gasteiger partial charge in [-0.25, -0.2) is 8.42 Å². The zero-order valence-corrected chi connectivity index (χ0v) is 16.0. The Balaban J connectivity index is 1.82. The van der Waals surface area contributed by atoms with Crippen LogP contribution in [-0.4, -0.2) is 45.0 Å². The van der Waals surface area contributed by atoms with Crippen molar-refractivity contribution in [1.29, 1.82) is 0 Å². The van der Waals surface area contributed by atoms with Gasteiger partial charge in [-0.3, -0.25) is 0 Å². The first-order valence-electron chi connectivity index (χ1n) is 8.67. The van der Waals surface area contributed by atoms with Gasteiger partial charge >= 0.3 is 0 Å². The first-order valence-corrected chi connectivity index (χ1v) is 10.7. The maximum absolute atomic E-state index is 14.3. The summed E-state index contributed by atoms with van der Waals surface area (Å²) in [5.74, 6) is -0.905. The first-order chi connectivity index (χ1) is 13.0. The number of sulfone groups is 1. The standard InChI is InChI=1S/C18H18ClFN2O4S/c19-14-16-15(18(21-17(14)20)26-12-5-2-1-3-6-12)22(8-10-27(16,23)24)11-13-7-4-9-25-13/h1-3,5-6,13H,4,7-11H2/t13-/m1/s1. The van der Waals surface area contributed by atoms with E-state index in [9.17, 15) is 12.8 Å². The molecule has 27 heavy (non-hydrogen) atoms. The van der Waals surface area contributed by atoms with Crippen molar-refractivity contribution < 1.29 is 22.3 Å². The third-order valence-corrected chi connectivity index (χ3v) is 6.86. The summed E-state index contributed by atoms with van der Waals surface area (Å²) in [6, 6.07) is 8.70. The van der Waals surface area contributed by atoms with Gasteiger partial charge in [0.05, 0.1) is 11.9 Å². The number of aromatic nitrogens is 1. The number of ether oxygens (including phenoxy) is 2. The highest BCUT2D eigenvalue weighted by atomic mass is 35.5. The predicted molar refractivity (Wildman–Crippen MR) is 99.0 cm³/mol. The maximum atomic E-state index is 14.3. The SMILES string of the molecule is O=S1(=O)CCN(C[C@H]2CCCO2)c2c(Oc3ccccc3)nc(F)c(Cl)c21. The highest BCUT2D eigenvalue weighted by Gasteiger charge is 2.38. The minimum Gasteiger partial charge on any atom is -0.437 e. The molecule has 0 spiro atoms. The van der Waals surface area contributed by atoms with Crippen LogP contribution in [0.25, 0.3) is 0 Å². The molecule has 1 aromatic heterocycles. The van der Waals surface area contributed by atoms with Crippen LogP contribution in [0.3, 0.4) is 0 Å². The molecule has 0 radical (unpaired) electrons. The Hall–Kier alpha value is -1.90. The van der Waals surface area contributed by atoms with E-state index in [1.54, 1.807) is 24.3 Å². The molecule has 0 N–H and O–H groups in total.